The molecular formula is C29H38N10O2. The van der Waals surface area contributed by atoms with Gasteiger partial charge in [-0.25, -0.2) is 4.79 Å². The number of amides is 3. The molecule has 0 radical (unpaired) electrons. The number of piperidine rings is 1. The molecule has 216 valence electrons. The van der Waals surface area contributed by atoms with Gasteiger partial charge >= 0.3 is 6.03 Å². The van der Waals surface area contributed by atoms with Crippen molar-refractivity contribution in [2.75, 3.05) is 44.8 Å². The molecule has 12 nitrogen and oxygen atoms in total. The lowest BCUT2D eigenvalue weighted by atomic mass is 9.81. The molecule has 1 aromatic carbocycles. The van der Waals surface area contributed by atoms with Gasteiger partial charge in [0.25, 0.3) is 5.91 Å². The zero-order chi connectivity index (χ0) is 29.2. The van der Waals surface area contributed by atoms with Gasteiger partial charge in [-0.3, -0.25) is 20.1 Å². The number of nitrogens with zero attached hydrogens (tertiary/aromatic N) is 9. The average Bonchev–Trinajstić information content (AvgIpc) is 3.42. The summed E-state index contributed by atoms with van der Waals surface area (Å²) in [5.41, 5.74) is 4.26. The summed E-state index contributed by atoms with van der Waals surface area (Å²) in [5.74, 6) is -0.0840. The Labute approximate surface area is 240 Å². The lowest BCUT2D eigenvalue weighted by molar-refractivity contribution is -0.122. The minimum Gasteiger partial charge on any atom is -0.322 e. The number of carbonyl (C=O) groups is 2. The maximum atomic E-state index is 13.5. The number of hydrogen-bond donors (Lipinski definition) is 1. The standard InChI is InChI=1S/C29H38N10O2/c1-28(2,3)21-38(26-33-23(18-30)32-24-10-14-31-39(24)26)34-25(40)20-37-17-13-29(35(4)27(37)41)11-15-36(16-12-29)19-22-8-6-5-7-9-22/h5-10,14H,11-13,15-17,19-21H2,1-4H3,(H,34,40). The van der Waals surface area contributed by atoms with E-state index < -0.39 is 0 Å². The van der Waals surface area contributed by atoms with Crippen LogP contribution < -0.4 is 10.4 Å². The number of nitriles is 1. The fourth-order valence-corrected chi connectivity index (χ4v) is 5.75. The number of hydrazine groups is 1. The zero-order valence-corrected chi connectivity index (χ0v) is 24.2. The van der Waals surface area contributed by atoms with Crippen molar-refractivity contribution in [3.63, 3.8) is 0 Å². The first kappa shape index (κ1) is 28.3. The van der Waals surface area contributed by atoms with E-state index in [1.165, 1.54) is 10.1 Å². The van der Waals surface area contributed by atoms with Gasteiger partial charge in [-0.15, -0.1) is 0 Å². The molecular weight excluding hydrogens is 520 g/mol. The molecule has 4 heterocycles. The van der Waals surface area contributed by atoms with Crippen LogP contribution in [-0.4, -0.2) is 91.5 Å². The van der Waals surface area contributed by atoms with Gasteiger partial charge in [-0.05, 0) is 30.2 Å². The fourth-order valence-electron chi connectivity index (χ4n) is 5.75. The van der Waals surface area contributed by atoms with Crippen molar-refractivity contribution in [2.45, 2.75) is 52.1 Å². The molecule has 1 N–H and O–H groups in total. The third-order valence-electron chi connectivity index (χ3n) is 7.96. The number of nitrogens with one attached hydrogen (secondary N) is 1. The van der Waals surface area contributed by atoms with Crippen molar-refractivity contribution in [3.8, 4) is 6.07 Å². The summed E-state index contributed by atoms with van der Waals surface area (Å²) in [6.07, 6.45) is 4.21. The molecule has 5 rings (SSSR count). The number of carbonyl (C=O) groups excluding carboxylic acids is 2. The molecule has 3 aromatic rings. The highest BCUT2D eigenvalue weighted by Crippen LogP contribution is 2.35. The maximum absolute atomic E-state index is 13.5. The molecule has 2 aromatic heterocycles. The normalized spacial score (nSPS) is 17.6. The van der Waals surface area contributed by atoms with E-state index in [2.05, 4.69) is 49.7 Å². The Balaban J connectivity index is 1.23. The highest BCUT2D eigenvalue weighted by molar-refractivity contribution is 5.85. The maximum Gasteiger partial charge on any atom is 0.320 e. The van der Waals surface area contributed by atoms with Crippen LogP contribution in [0.1, 0.15) is 51.4 Å². The first-order chi connectivity index (χ1) is 19.6. The molecule has 0 unspecified atom stereocenters. The van der Waals surface area contributed by atoms with E-state index in [0.29, 0.717) is 18.7 Å². The van der Waals surface area contributed by atoms with Gasteiger partial charge in [0, 0.05) is 51.4 Å². The van der Waals surface area contributed by atoms with Gasteiger partial charge in [0.05, 0.1) is 6.20 Å². The Morgan fingerprint density at radius 1 is 1.10 bits per heavy atom. The number of benzene rings is 1. The zero-order valence-electron chi connectivity index (χ0n) is 24.2. The molecule has 2 fully saturated rings. The van der Waals surface area contributed by atoms with Crippen LogP contribution in [0, 0.1) is 16.7 Å². The van der Waals surface area contributed by atoms with E-state index in [1.54, 1.807) is 22.2 Å². The van der Waals surface area contributed by atoms with E-state index in [4.69, 9.17) is 0 Å². The molecule has 1 spiro atoms. The van der Waals surface area contributed by atoms with Crippen LogP contribution in [0.15, 0.2) is 42.6 Å². The number of urea groups is 1. The monoisotopic (exact) mass is 558 g/mol. The summed E-state index contributed by atoms with van der Waals surface area (Å²) < 4.78 is 1.49. The van der Waals surface area contributed by atoms with Gasteiger partial charge in [0.15, 0.2) is 5.65 Å². The van der Waals surface area contributed by atoms with Crippen LogP contribution in [0.3, 0.4) is 0 Å². The lowest BCUT2D eigenvalue weighted by Crippen LogP contribution is -2.64. The van der Waals surface area contributed by atoms with Crippen LogP contribution >= 0.6 is 0 Å². The number of likely N-dealkylation sites (tertiary alicyclic amines) is 1. The van der Waals surface area contributed by atoms with Crippen LogP contribution in [0.5, 0.6) is 0 Å². The summed E-state index contributed by atoms with van der Waals surface area (Å²) in [6.45, 7) is 9.71. The highest BCUT2D eigenvalue weighted by atomic mass is 16.2. The average molecular weight is 559 g/mol. The number of anilines is 1. The summed E-state index contributed by atoms with van der Waals surface area (Å²) in [5, 5.41) is 15.3. The Bertz CT molecular complexity index is 1430. The Morgan fingerprint density at radius 2 is 1.80 bits per heavy atom. The molecule has 2 saturated heterocycles. The van der Waals surface area contributed by atoms with E-state index in [1.807, 2.05) is 44.9 Å². The summed E-state index contributed by atoms with van der Waals surface area (Å²) >= 11 is 0. The topological polar surface area (TPSA) is 126 Å². The molecule has 2 aliphatic rings. The van der Waals surface area contributed by atoms with Crippen molar-refractivity contribution >= 4 is 23.5 Å². The van der Waals surface area contributed by atoms with Crippen LogP contribution in [0.2, 0.25) is 0 Å². The van der Waals surface area contributed by atoms with E-state index in [0.717, 1.165) is 38.9 Å². The molecule has 2 aliphatic heterocycles. The van der Waals surface area contributed by atoms with Crippen molar-refractivity contribution in [1.82, 2.24) is 39.7 Å². The van der Waals surface area contributed by atoms with Crippen molar-refractivity contribution in [3.05, 3.63) is 54.0 Å². The largest absolute Gasteiger partial charge is 0.322 e. The molecule has 0 saturated carbocycles. The quantitative estimate of drug-likeness (QED) is 0.439. The van der Waals surface area contributed by atoms with Gasteiger partial charge in [-0.2, -0.15) is 24.8 Å². The minimum absolute atomic E-state index is 0.0193. The lowest BCUT2D eigenvalue weighted by Gasteiger charge is -2.52. The second-order valence-electron chi connectivity index (χ2n) is 12.2. The molecule has 0 atom stereocenters. The molecule has 0 bridgehead atoms. The molecule has 3 amide bonds. The number of hydrogen-bond acceptors (Lipinski definition) is 8. The van der Waals surface area contributed by atoms with Crippen LogP contribution in [0.4, 0.5) is 10.7 Å². The fraction of sp³-hybridized carbons (Fsp3) is 0.517. The van der Waals surface area contributed by atoms with Gasteiger partial charge in [0.1, 0.15) is 12.6 Å². The molecule has 41 heavy (non-hydrogen) atoms. The summed E-state index contributed by atoms with van der Waals surface area (Å²) in [6, 6.07) is 14.0. The first-order valence-electron chi connectivity index (χ1n) is 14.0. The summed E-state index contributed by atoms with van der Waals surface area (Å²) in [7, 11) is 1.86. The summed E-state index contributed by atoms with van der Waals surface area (Å²) in [4.78, 5) is 41.3. The van der Waals surface area contributed by atoms with Crippen molar-refractivity contribution in [2.24, 2.45) is 5.41 Å². The smallest absolute Gasteiger partial charge is 0.320 e. The Hall–Kier alpha value is -4.24. The van der Waals surface area contributed by atoms with E-state index in [9.17, 15) is 14.9 Å². The Morgan fingerprint density at radius 3 is 2.49 bits per heavy atom. The van der Waals surface area contributed by atoms with Crippen molar-refractivity contribution in [1.29, 1.82) is 5.26 Å². The van der Waals surface area contributed by atoms with Gasteiger partial charge in [0.2, 0.25) is 11.8 Å². The Kier molecular flexibility index (Phi) is 7.82. The highest BCUT2D eigenvalue weighted by Gasteiger charge is 2.45. The van der Waals surface area contributed by atoms with Crippen LogP contribution in [-0.2, 0) is 11.3 Å². The number of fused-ring (bicyclic) bond motifs is 1. The predicted molar refractivity (Wildman–Crippen MR) is 153 cm³/mol. The second-order valence-corrected chi connectivity index (χ2v) is 12.2. The van der Waals surface area contributed by atoms with E-state index >= 15 is 0 Å². The first-order valence-corrected chi connectivity index (χ1v) is 14.0. The molecule has 0 aliphatic carbocycles. The third kappa shape index (κ3) is 6.25. The van der Waals surface area contributed by atoms with Crippen molar-refractivity contribution < 1.29 is 9.59 Å². The van der Waals surface area contributed by atoms with Gasteiger partial charge in [-0.1, -0.05) is 51.1 Å². The SMILES string of the molecule is CN1C(=O)N(CC(=O)NN(CC(C)(C)C)c2nc(C#N)nc3ccnn23)CCC12CCN(Cc1ccccc1)CC2. The predicted octanol–water partition coefficient (Wildman–Crippen LogP) is 2.67. The van der Waals surface area contributed by atoms with E-state index in [-0.39, 0.29) is 41.2 Å². The second kappa shape index (κ2) is 11.3. The number of rotatable bonds is 7. The number of aromatic nitrogens is 4. The molecule has 12 heteroatoms. The third-order valence-corrected chi connectivity index (χ3v) is 7.96. The van der Waals surface area contributed by atoms with Crippen LogP contribution in [0.25, 0.3) is 5.65 Å². The minimum atomic E-state index is -0.345. The van der Waals surface area contributed by atoms with Gasteiger partial charge < -0.3 is 9.80 Å².